The molecule has 0 aromatic heterocycles. The number of amides is 3. The van der Waals surface area contributed by atoms with E-state index in [0.29, 0.717) is 0 Å². The normalized spacial score (nSPS) is 13.0. The monoisotopic (exact) mass is 544 g/mol. The standard InChI is InChI=1S/C30H32N4O6/c1-39-29(37)25(18-22-13-7-3-8-14-22)32-19-26(27(31)35)33-28(36)24(17-21-11-5-2-6-12-21)34-30(38)40-20-23-15-9-4-10-16-23/h2-16,19,24-26H,17-18,20H2,1H3,(H2,31,35)(H,33,36)(H,34,38)/t24-,25-,26?/m0/s1. The highest BCUT2D eigenvalue weighted by molar-refractivity contribution is 6.01. The lowest BCUT2D eigenvalue weighted by Crippen LogP contribution is -2.54. The van der Waals surface area contributed by atoms with E-state index in [-0.39, 0.29) is 19.4 Å². The predicted molar refractivity (Wildman–Crippen MR) is 149 cm³/mol. The molecule has 1 unspecified atom stereocenters. The van der Waals surface area contributed by atoms with Gasteiger partial charge >= 0.3 is 12.1 Å². The van der Waals surface area contributed by atoms with E-state index in [9.17, 15) is 19.2 Å². The highest BCUT2D eigenvalue weighted by Crippen LogP contribution is 2.09. The molecule has 0 aliphatic carbocycles. The molecular weight excluding hydrogens is 512 g/mol. The highest BCUT2D eigenvalue weighted by atomic mass is 16.5. The molecule has 10 nitrogen and oxygen atoms in total. The van der Waals surface area contributed by atoms with Crippen molar-refractivity contribution in [3.63, 3.8) is 0 Å². The van der Waals surface area contributed by atoms with Crippen LogP contribution in [0.5, 0.6) is 0 Å². The Bertz CT molecular complexity index is 1290. The van der Waals surface area contributed by atoms with Gasteiger partial charge in [0.05, 0.1) is 7.11 Å². The van der Waals surface area contributed by atoms with Gasteiger partial charge in [-0.15, -0.1) is 0 Å². The van der Waals surface area contributed by atoms with Gasteiger partial charge < -0.3 is 25.8 Å². The van der Waals surface area contributed by atoms with Crippen LogP contribution in [0.25, 0.3) is 0 Å². The molecule has 0 saturated heterocycles. The first-order valence-electron chi connectivity index (χ1n) is 12.6. The number of nitrogens with zero attached hydrogens (tertiary/aromatic N) is 1. The molecule has 3 amide bonds. The Morgan fingerprint density at radius 1 is 0.800 bits per heavy atom. The molecule has 3 atom stereocenters. The van der Waals surface area contributed by atoms with Crippen LogP contribution in [0, 0.1) is 0 Å². The second kappa shape index (κ2) is 15.4. The summed E-state index contributed by atoms with van der Waals surface area (Å²) in [5, 5.41) is 5.07. The SMILES string of the molecule is COC(=O)[C@H](Cc1ccccc1)N=CC(NC(=O)[C@H](Cc1ccccc1)NC(=O)OCc1ccccc1)C(N)=O. The molecule has 3 rings (SSSR count). The number of alkyl carbamates (subject to hydrolysis) is 1. The average molecular weight is 545 g/mol. The van der Waals surface area contributed by atoms with Gasteiger partial charge in [-0.25, -0.2) is 9.59 Å². The molecule has 0 spiro atoms. The summed E-state index contributed by atoms with van der Waals surface area (Å²) in [5.74, 6) is -2.20. The van der Waals surface area contributed by atoms with E-state index < -0.39 is 42.0 Å². The van der Waals surface area contributed by atoms with E-state index in [1.165, 1.54) is 7.11 Å². The number of hydrogen-bond donors (Lipinski definition) is 3. The quantitative estimate of drug-likeness (QED) is 0.222. The van der Waals surface area contributed by atoms with E-state index in [0.717, 1.165) is 22.9 Å². The number of nitrogens with one attached hydrogen (secondary N) is 2. The Labute approximate surface area is 232 Å². The molecule has 3 aromatic rings. The third-order valence-corrected chi connectivity index (χ3v) is 5.87. The summed E-state index contributed by atoms with van der Waals surface area (Å²) in [6.45, 7) is 0.0131. The molecule has 0 radical (unpaired) electrons. The summed E-state index contributed by atoms with van der Waals surface area (Å²) in [6, 6.07) is 23.9. The minimum absolute atomic E-state index is 0.0131. The van der Waals surface area contributed by atoms with Crippen molar-refractivity contribution in [2.24, 2.45) is 10.7 Å². The number of carbonyl (C=O) groups is 4. The van der Waals surface area contributed by atoms with Crippen LogP contribution >= 0.6 is 0 Å². The smallest absolute Gasteiger partial charge is 0.408 e. The maximum atomic E-state index is 13.3. The molecule has 40 heavy (non-hydrogen) atoms. The lowest BCUT2D eigenvalue weighted by Gasteiger charge is -2.21. The third kappa shape index (κ3) is 9.71. The lowest BCUT2D eigenvalue weighted by atomic mass is 10.0. The van der Waals surface area contributed by atoms with Crippen molar-refractivity contribution in [1.29, 1.82) is 0 Å². The number of rotatable bonds is 13. The number of esters is 1. The van der Waals surface area contributed by atoms with Crippen LogP contribution < -0.4 is 16.4 Å². The molecular formula is C30H32N4O6. The van der Waals surface area contributed by atoms with Crippen molar-refractivity contribution in [2.45, 2.75) is 37.6 Å². The number of primary amides is 1. The van der Waals surface area contributed by atoms with E-state index in [2.05, 4.69) is 15.6 Å². The van der Waals surface area contributed by atoms with Crippen LogP contribution in [0.1, 0.15) is 16.7 Å². The molecule has 208 valence electrons. The summed E-state index contributed by atoms with van der Waals surface area (Å²) < 4.78 is 10.1. The second-order valence-electron chi connectivity index (χ2n) is 8.86. The van der Waals surface area contributed by atoms with E-state index >= 15 is 0 Å². The van der Waals surface area contributed by atoms with Crippen molar-refractivity contribution in [3.05, 3.63) is 108 Å². The maximum Gasteiger partial charge on any atom is 0.408 e. The molecule has 0 saturated carbocycles. The lowest BCUT2D eigenvalue weighted by molar-refractivity contribution is -0.142. The molecule has 0 heterocycles. The molecule has 3 aromatic carbocycles. The molecule has 0 bridgehead atoms. The number of ether oxygens (including phenoxy) is 2. The summed E-state index contributed by atoms with van der Waals surface area (Å²) >= 11 is 0. The summed E-state index contributed by atoms with van der Waals surface area (Å²) in [5.41, 5.74) is 7.90. The number of nitrogens with two attached hydrogens (primary N) is 1. The Morgan fingerprint density at radius 2 is 1.32 bits per heavy atom. The second-order valence-corrected chi connectivity index (χ2v) is 8.86. The Hall–Kier alpha value is -4.99. The van der Waals surface area contributed by atoms with Gasteiger partial charge in [-0.05, 0) is 16.7 Å². The van der Waals surface area contributed by atoms with Crippen LogP contribution in [0.2, 0.25) is 0 Å². The van der Waals surface area contributed by atoms with Gasteiger partial charge in [-0.2, -0.15) is 0 Å². The number of hydrogen-bond acceptors (Lipinski definition) is 7. The van der Waals surface area contributed by atoms with Crippen LogP contribution in [0.15, 0.2) is 96.0 Å². The number of carbonyl (C=O) groups excluding carboxylic acids is 4. The zero-order valence-corrected chi connectivity index (χ0v) is 22.1. The van der Waals surface area contributed by atoms with E-state index in [4.69, 9.17) is 15.2 Å². The van der Waals surface area contributed by atoms with Gasteiger partial charge in [-0.1, -0.05) is 91.0 Å². The first-order valence-corrected chi connectivity index (χ1v) is 12.6. The van der Waals surface area contributed by atoms with Crippen molar-refractivity contribution in [2.75, 3.05) is 7.11 Å². The first kappa shape index (κ1) is 29.6. The minimum Gasteiger partial charge on any atom is -0.467 e. The largest absolute Gasteiger partial charge is 0.467 e. The third-order valence-electron chi connectivity index (χ3n) is 5.87. The van der Waals surface area contributed by atoms with Crippen molar-refractivity contribution in [3.8, 4) is 0 Å². The van der Waals surface area contributed by atoms with Crippen LogP contribution in [0.4, 0.5) is 4.79 Å². The van der Waals surface area contributed by atoms with E-state index in [1.807, 2.05) is 54.6 Å². The predicted octanol–water partition coefficient (Wildman–Crippen LogP) is 2.35. The first-order chi connectivity index (χ1) is 19.4. The highest BCUT2D eigenvalue weighted by Gasteiger charge is 2.27. The van der Waals surface area contributed by atoms with Crippen molar-refractivity contribution >= 4 is 30.1 Å². The fraction of sp³-hybridized carbons (Fsp3) is 0.233. The fourth-order valence-corrected chi connectivity index (χ4v) is 3.76. The molecule has 0 fully saturated rings. The summed E-state index contributed by atoms with van der Waals surface area (Å²) in [6.07, 6.45) is 0.638. The Morgan fingerprint density at radius 3 is 1.85 bits per heavy atom. The van der Waals surface area contributed by atoms with Gasteiger partial charge in [-0.3, -0.25) is 14.6 Å². The molecule has 10 heteroatoms. The van der Waals surface area contributed by atoms with Crippen LogP contribution in [-0.2, 0) is 43.3 Å². The van der Waals surface area contributed by atoms with Crippen LogP contribution in [-0.4, -0.2) is 55.3 Å². The molecule has 0 aliphatic rings. The zero-order valence-electron chi connectivity index (χ0n) is 22.1. The number of methoxy groups -OCH3 is 1. The summed E-state index contributed by atoms with van der Waals surface area (Å²) in [4.78, 5) is 54.5. The van der Waals surface area contributed by atoms with E-state index in [1.54, 1.807) is 36.4 Å². The Balaban J connectivity index is 1.72. The van der Waals surface area contributed by atoms with Gasteiger partial charge in [0.25, 0.3) is 0 Å². The van der Waals surface area contributed by atoms with Gasteiger partial charge in [0.15, 0.2) is 6.04 Å². The van der Waals surface area contributed by atoms with Gasteiger partial charge in [0, 0.05) is 19.1 Å². The van der Waals surface area contributed by atoms with Gasteiger partial charge in [0.1, 0.15) is 18.7 Å². The van der Waals surface area contributed by atoms with Crippen LogP contribution in [0.3, 0.4) is 0 Å². The number of benzene rings is 3. The van der Waals surface area contributed by atoms with Crippen molar-refractivity contribution in [1.82, 2.24) is 10.6 Å². The average Bonchev–Trinajstić information content (AvgIpc) is 2.98. The van der Waals surface area contributed by atoms with Crippen molar-refractivity contribution < 1.29 is 28.7 Å². The minimum atomic E-state index is -1.35. The molecule has 4 N–H and O–H groups in total. The van der Waals surface area contributed by atoms with Gasteiger partial charge in [0.2, 0.25) is 11.8 Å². The zero-order chi connectivity index (χ0) is 28.7. The molecule has 0 aliphatic heterocycles. The number of aliphatic imine (C=N–C) groups is 1. The Kier molecular flexibility index (Phi) is 11.4. The summed E-state index contributed by atoms with van der Waals surface area (Å²) in [7, 11) is 1.24. The fourth-order valence-electron chi connectivity index (χ4n) is 3.76. The maximum absolute atomic E-state index is 13.3. The topological polar surface area (TPSA) is 149 Å².